The van der Waals surface area contributed by atoms with Crippen LogP contribution in [0, 0.1) is 5.92 Å². The third-order valence-corrected chi connectivity index (χ3v) is 4.93. The summed E-state index contributed by atoms with van der Waals surface area (Å²) in [4.78, 5) is 37.8. The van der Waals surface area contributed by atoms with Crippen molar-refractivity contribution in [3.8, 4) is 5.75 Å². The molecule has 1 aliphatic rings. The Morgan fingerprint density at radius 2 is 1.62 bits per heavy atom. The topological polar surface area (TPSA) is 87.7 Å². The van der Waals surface area contributed by atoms with E-state index in [4.69, 9.17) is 16.3 Å². The Kier molecular flexibility index (Phi) is 7.08. The first-order chi connectivity index (χ1) is 14.0. The van der Waals surface area contributed by atoms with E-state index in [1.54, 1.807) is 53.4 Å². The van der Waals surface area contributed by atoms with Gasteiger partial charge < -0.3 is 20.3 Å². The highest BCUT2D eigenvalue weighted by Gasteiger charge is 2.25. The Labute approximate surface area is 174 Å². The summed E-state index contributed by atoms with van der Waals surface area (Å²) in [6.07, 6.45) is 1.08. The summed E-state index contributed by atoms with van der Waals surface area (Å²) in [7, 11) is 0. The molecule has 3 rings (SSSR count). The molecule has 2 N–H and O–H groups in total. The molecule has 2 aromatic rings. The van der Waals surface area contributed by atoms with Crippen molar-refractivity contribution in [3.63, 3.8) is 0 Å². The fraction of sp³-hybridized carbons (Fsp3) is 0.286. The maximum Gasteiger partial charge on any atom is 0.415 e. The number of anilines is 1. The van der Waals surface area contributed by atoms with Gasteiger partial charge in [-0.25, -0.2) is 4.79 Å². The number of amides is 3. The molecule has 152 valence electrons. The molecule has 0 radical (unpaired) electrons. The molecule has 0 spiro atoms. The van der Waals surface area contributed by atoms with Crippen LogP contribution in [0.15, 0.2) is 54.6 Å². The second-order valence-electron chi connectivity index (χ2n) is 6.78. The number of hydrogen-bond donors (Lipinski definition) is 2. The Bertz CT molecular complexity index is 850. The van der Waals surface area contributed by atoms with Crippen molar-refractivity contribution < 1.29 is 19.1 Å². The minimum absolute atomic E-state index is 0.197. The van der Waals surface area contributed by atoms with E-state index in [0.717, 1.165) is 12.8 Å². The van der Waals surface area contributed by atoms with Crippen LogP contribution in [-0.4, -0.2) is 42.4 Å². The number of para-hydroxylation sites is 1. The van der Waals surface area contributed by atoms with Crippen LogP contribution in [0.25, 0.3) is 0 Å². The van der Waals surface area contributed by atoms with Crippen molar-refractivity contribution in [3.05, 3.63) is 59.6 Å². The SMILES string of the molecule is O=C(NCC1CCN(C(=O)Oc2ccccc2)CC1)C(=O)Nc1ccc(Cl)cc1. The van der Waals surface area contributed by atoms with Gasteiger partial charge in [-0.2, -0.15) is 0 Å². The van der Waals surface area contributed by atoms with Gasteiger partial charge in [-0.05, 0) is 55.2 Å². The number of hydrogen-bond acceptors (Lipinski definition) is 4. The van der Waals surface area contributed by atoms with Gasteiger partial charge in [0.2, 0.25) is 0 Å². The van der Waals surface area contributed by atoms with E-state index in [9.17, 15) is 14.4 Å². The molecule has 1 heterocycles. The minimum Gasteiger partial charge on any atom is -0.410 e. The quantitative estimate of drug-likeness (QED) is 0.750. The van der Waals surface area contributed by atoms with E-state index in [1.165, 1.54) is 0 Å². The van der Waals surface area contributed by atoms with E-state index in [-0.39, 0.29) is 12.0 Å². The molecule has 0 aliphatic carbocycles. The lowest BCUT2D eigenvalue weighted by Gasteiger charge is -2.31. The molecule has 1 saturated heterocycles. The van der Waals surface area contributed by atoms with Crippen LogP contribution in [0.1, 0.15) is 12.8 Å². The summed E-state index contributed by atoms with van der Waals surface area (Å²) < 4.78 is 5.34. The van der Waals surface area contributed by atoms with Gasteiger partial charge in [0.05, 0.1) is 0 Å². The van der Waals surface area contributed by atoms with E-state index in [0.29, 0.717) is 36.1 Å². The van der Waals surface area contributed by atoms with Crippen LogP contribution in [-0.2, 0) is 9.59 Å². The number of nitrogens with zero attached hydrogens (tertiary/aromatic N) is 1. The average Bonchev–Trinajstić information content (AvgIpc) is 2.74. The van der Waals surface area contributed by atoms with E-state index >= 15 is 0 Å². The molecule has 0 aromatic heterocycles. The molecule has 0 unspecified atom stereocenters. The predicted molar refractivity (Wildman–Crippen MR) is 110 cm³/mol. The van der Waals surface area contributed by atoms with Crippen molar-refractivity contribution in [2.75, 3.05) is 25.0 Å². The number of rotatable bonds is 4. The second kappa shape index (κ2) is 9.93. The predicted octanol–water partition coefficient (Wildman–Crippen LogP) is 3.31. The molecule has 0 atom stereocenters. The fourth-order valence-electron chi connectivity index (χ4n) is 3.01. The van der Waals surface area contributed by atoms with Gasteiger partial charge in [-0.1, -0.05) is 29.8 Å². The summed E-state index contributed by atoms with van der Waals surface area (Å²) in [5.41, 5.74) is 0.500. The summed E-state index contributed by atoms with van der Waals surface area (Å²) >= 11 is 5.79. The lowest BCUT2D eigenvalue weighted by atomic mass is 9.97. The first-order valence-corrected chi connectivity index (χ1v) is 9.75. The van der Waals surface area contributed by atoms with Gasteiger partial charge in [0.15, 0.2) is 0 Å². The first-order valence-electron chi connectivity index (χ1n) is 9.38. The maximum atomic E-state index is 12.2. The summed E-state index contributed by atoms with van der Waals surface area (Å²) in [6, 6.07) is 15.4. The lowest BCUT2D eigenvalue weighted by molar-refractivity contribution is -0.136. The molecule has 2 aromatic carbocycles. The zero-order valence-electron chi connectivity index (χ0n) is 15.8. The number of likely N-dealkylation sites (tertiary alicyclic amines) is 1. The molecule has 29 heavy (non-hydrogen) atoms. The largest absolute Gasteiger partial charge is 0.415 e. The highest BCUT2D eigenvalue weighted by atomic mass is 35.5. The molecular formula is C21H22ClN3O4. The molecule has 8 heteroatoms. The molecule has 3 amide bonds. The molecule has 0 bridgehead atoms. The third-order valence-electron chi connectivity index (χ3n) is 4.68. The molecule has 0 saturated carbocycles. The van der Waals surface area contributed by atoms with Gasteiger partial charge >= 0.3 is 17.9 Å². The first kappa shape index (κ1) is 20.7. The summed E-state index contributed by atoms with van der Waals surface area (Å²) in [5, 5.41) is 5.73. The van der Waals surface area contributed by atoms with Crippen LogP contribution < -0.4 is 15.4 Å². The van der Waals surface area contributed by atoms with Crippen molar-refractivity contribution in [2.24, 2.45) is 5.92 Å². The number of carbonyl (C=O) groups excluding carboxylic acids is 3. The lowest BCUT2D eigenvalue weighted by Crippen LogP contribution is -2.44. The number of halogens is 1. The van der Waals surface area contributed by atoms with Gasteiger partial charge in [0.25, 0.3) is 0 Å². The maximum absolute atomic E-state index is 12.2. The highest BCUT2D eigenvalue weighted by Crippen LogP contribution is 2.18. The zero-order valence-corrected chi connectivity index (χ0v) is 16.5. The molecule has 1 fully saturated rings. The Balaban J connectivity index is 1.38. The van der Waals surface area contributed by atoms with Crippen molar-refractivity contribution >= 4 is 35.2 Å². The molecular weight excluding hydrogens is 394 g/mol. The third kappa shape index (κ3) is 6.22. The van der Waals surface area contributed by atoms with Crippen molar-refractivity contribution in [2.45, 2.75) is 12.8 Å². The van der Waals surface area contributed by atoms with Crippen LogP contribution in [0.3, 0.4) is 0 Å². The summed E-state index contributed by atoms with van der Waals surface area (Å²) in [5.74, 6) is -0.705. The van der Waals surface area contributed by atoms with E-state index in [2.05, 4.69) is 10.6 Å². The summed E-state index contributed by atoms with van der Waals surface area (Å²) in [6.45, 7) is 1.47. The Hall–Kier alpha value is -3.06. The van der Waals surface area contributed by atoms with Gasteiger partial charge in [0, 0.05) is 30.3 Å². The highest BCUT2D eigenvalue weighted by molar-refractivity contribution is 6.39. The second-order valence-corrected chi connectivity index (χ2v) is 7.22. The van der Waals surface area contributed by atoms with Crippen LogP contribution in [0.4, 0.5) is 10.5 Å². The monoisotopic (exact) mass is 415 g/mol. The van der Waals surface area contributed by atoms with Crippen molar-refractivity contribution in [1.29, 1.82) is 0 Å². The average molecular weight is 416 g/mol. The van der Waals surface area contributed by atoms with Gasteiger partial charge in [0.1, 0.15) is 5.75 Å². The number of benzene rings is 2. The van der Waals surface area contributed by atoms with Gasteiger partial charge in [-0.15, -0.1) is 0 Å². The van der Waals surface area contributed by atoms with E-state index < -0.39 is 11.8 Å². The van der Waals surface area contributed by atoms with E-state index in [1.807, 2.05) is 6.07 Å². The van der Waals surface area contributed by atoms with Crippen molar-refractivity contribution in [1.82, 2.24) is 10.2 Å². The van der Waals surface area contributed by atoms with Crippen LogP contribution in [0.5, 0.6) is 5.75 Å². The number of ether oxygens (including phenoxy) is 1. The zero-order chi connectivity index (χ0) is 20.6. The minimum atomic E-state index is -0.726. The van der Waals surface area contributed by atoms with Crippen LogP contribution in [0.2, 0.25) is 5.02 Å². The van der Waals surface area contributed by atoms with Crippen LogP contribution >= 0.6 is 11.6 Å². The van der Waals surface area contributed by atoms with Gasteiger partial charge in [-0.3, -0.25) is 9.59 Å². The smallest absolute Gasteiger partial charge is 0.410 e. The number of piperidine rings is 1. The molecule has 1 aliphatic heterocycles. The number of carbonyl (C=O) groups is 3. The normalized spacial score (nSPS) is 14.2. The Morgan fingerprint density at radius 3 is 2.28 bits per heavy atom. The fourth-order valence-corrected chi connectivity index (χ4v) is 3.14. The Morgan fingerprint density at radius 1 is 0.966 bits per heavy atom. The standard InChI is InChI=1S/C21H22ClN3O4/c22-16-6-8-17(9-7-16)24-20(27)19(26)23-14-15-10-12-25(13-11-15)21(28)29-18-4-2-1-3-5-18/h1-9,15H,10-14H2,(H,23,26)(H,24,27). The molecule has 7 nitrogen and oxygen atoms in total. The number of nitrogens with one attached hydrogen (secondary N) is 2.